The van der Waals surface area contributed by atoms with Crippen molar-refractivity contribution in [2.45, 2.75) is 38.5 Å². The summed E-state index contributed by atoms with van der Waals surface area (Å²) in [5, 5.41) is 12.2. The van der Waals surface area contributed by atoms with Crippen LogP contribution in [0.25, 0.3) is 0 Å². The molecule has 0 aliphatic heterocycles. The third-order valence-electron chi connectivity index (χ3n) is 2.32. The summed E-state index contributed by atoms with van der Waals surface area (Å²) in [5.74, 6) is -1.22. The van der Waals surface area contributed by atoms with Gasteiger partial charge in [-0.05, 0) is 32.9 Å². The smallest absolute Gasteiger partial charge is 0.357 e. The van der Waals surface area contributed by atoms with E-state index < -0.39 is 17.3 Å². The topological polar surface area (TPSA) is 75.6 Å². The number of anilines is 1. The van der Waals surface area contributed by atoms with Gasteiger partial charge in [0.2, 0.25) is 5.72 Å². The van der Waals surface area contributed by atoms with Crippen LogP contribution < -0.4 is 5.32 Å². The highest BCUT2D eigenvalue weighted by molar-refractivity contribution is 5.84. The molecule has 5 heteroatoms. The highest BCUT2D eigenvalue weighted by Crippen LogP contribution is 2.26. The number of carbonyl (C=O) groups is 2. The molecule has 0 saturated carbocycles. The maximum atomic E-state index is 11.5. The third-order valence-corrected chi connectivity index (χ3v) is 2.32. The lowest BCUT2D eigenvalue weighted by Gasteiger charge is -2.36. The molecule has 0 aliphatic carbocycles. The van der Waals surface area contributed by atoms with Crippen molar-refractivity contribution in [2.75, 3.05) is 5.32 Å². The first-order valence-corrected chi connectivity index (χ1v) is 5.99. The molecule has 0 amide bonds. The van der Waals surface area contributed by atoms with Crippen molar-refractivity contribution < 1.29 is 19.4 Å². The zero-order valence-electron chi connectivity index (χ0n) is 11.3. The predicted octanol–water partition coefficient (Wildman–Crippen LogP) is 2.28. The maximum absolute atomic E-state index is 11.5. The average molecular weight is 265 g/mol. The monoisotopic (exact) mass is 265 g/mol. The van der Waals surface area contributed by atoms with Crippen molar-refractivity contribution in [3.8, 4) is 0 Å². The van der Waals surface area contributed by atoms with Crippen molar-refractivity contribution >= 4 is 17.9 Å². The lowest BCUT2D eigenvalue weighted by molar-refractivity contribution is -0.179. The Labute approximate surface area is 112 Å². The molecular formula is C14H19NO4. The largest absolute Gasteiger partial charge is 0.478 e. The molecule has 5 nitrogen and oxygen atoms in total. The molecular weight excluding hydrogens is 246 g/mol. The van der Waals surface area contributed by atoms with E-state index in [9.17, 15) is 14.7 Å². The number of para-hydroxylation sites is 1. The van der Waals surface area contributed by atoms with Crippen molar-refractivity contribution in [3.05, 3.63) is 30.3 Å². The average Bonchev–Trinajstić information content (AvgIpc) is 2.28. The summed E-state index contributed by atoms with van der Waals surface area (Å²) < 4.78 is 5.59. The molecule has 19 heavy (non-hydrogen) atoms. The standard InChI is InChI=1S/C14H19NO4/c1-13(2,3)19-14(9-10-16,12(17)18)15-11-7-5-4-6-8-11/h4-8,10,15H,9H2,1-3H3,(H,17,18). The minimum absolute atomic E-state index is 0.283. The molecule has 0 heterocycles. The van der Waals surface area contributed by atoms with Crippen LogP contribution in [0.1, 0.15) is 27.2 Å². The van der Waals surface area contributed by atoms with Crippen LogP contribution in [0.3, 0.4) is 0 Å². The van der Waals surface area contributed by atoms with Gasteiger partial charge < -0.3 is 20.0 Å². The fraction of sp³-hybridized carbons (Fsp3) is 0.429. The van der Waals surface area contributed by atoms with Crippen LogP contribution in [-0.4, -0.2) is 28.7 Å². The first kappa shape index (κ1) is 15.2. The van der Waals surface area contributed by atoms with E-state index in [1.165, 1.54) is 0 Å². The minimum Gasteiger partial charge on any atom is -0.478 e. The highest BCUT2D eigenvalue weighted by Gasteiger charge is 2.43. The fourth-order valence-electron chi connectivity index (χ4n) is 1.70. The van der Waals surface area contributed by atoms with Gasteiger partial charge in [-0.2, -0.15) is 0 Å². The molecule has 1 unspecified atom stereocenters. The second kappa shape index (κ2) is 5.84. The number of hydrogen-bond donors (Lipinski definition) is 2. The lowest BCUT2D eigenvalue weighted by atomic mass is 10.1. The van der Waals surface area contributed by atoms with Crippen LogP contribution in [0.4, 0.5) is 5.69 Å². The molecule has 0 aromatic heterocycles. The number of aldehydes is 1. The summed E-state index contributed by atoms with van der Waals surface area (Å²) in [6, 6.07) is 8.79. The Hall–Kier alpha value is -1.88. The highest BCUT2D eigenvalue weighted by atomic mass is 16.6. The number of nitrogens with one attached hydrogen (secondary N) is 1. The van der Waals surface area contributed by atoms with Crippen molar-refractivity contribution in [1.82, 2.24) is 0 Å². The van der Waals surface area contributed by atoms with E-state index in [0.717, 1.165) is 0 Å². The molecule has 0 fully saturated rings. The zero-order valence-corrected chi connectivity index (χ0v) is 11.3. The summed E-state index contributed by atoms with van der Waals surface area (Å²) in [4.78, 5) is 22.4. The van der Waals surface area contributed by atoms with E-state index in [1.807, 2.05) is 6.07 Å². The van der Waals surface area contributed by atoms with Crippen LogP contribution in [0, 0.1) is 0 Å². The molecule has 1 aromatic rings. The third kappa shape index (κ3) is 4.37. The Balaban J connectivity index is 3.09. The molecule has 2 N–H and O–H groups in total. The number of aliphatic carboxylic acids is 1. The van der Waals surface area contributed by atoms with Crippen LogP contribution in [0.2, 0.25) is 0 Å². The van der Waals surface area contributed by atoms with Gasteiger partial charge in [-0.1, -0.05) is 18.2 Å². The molecule has 0 aliphatic rings. The van der Waals surface area contributed by atoms with E-state index in [2.05, 4.69) is 5.32 Å². The number of carboxylic acid groups (broad SMARTS) is 1. The van der Waals surface area contributed by atoms with E-state index >= 15 is 0 Å². The van der Waals surface area contributed by atoms with Gasteiger partial charge in [-0.3, -0.25) is 0 Å². The minimum atomic E-state index is -1.76. The van der Waals surface area contributed by atoms with Crippen LogP contribution in [-0.2, 0) is 14.3 Å². The second-order valence-corrected chi connectivity index (χ2v) is 5.21. The molecule has 0 bridgehead atoms. The van der Waals surface area contributed by atoms with Gasteiger partial charge in [0, 0.05) is 5.69 Å². The number of hydrogen-bond acceptors (Lipinski definition) is 4. The first-order chi connectivity index (χ1) is 8.79. The first-order valence-electron chi connectivity index (χ1n) is 5.99. The number of carboxylic acids is 1. The van der Waals surface area contributed by atoms with Gasteiger partial charge in [-0.25, -0.2) is 4.79 Å². The van der Waals surface area contributed by atoms with Gasteiger partial charge in [0.1, 0.15) is 6.29 Å². The molecule has 1 atom stereocenters. The summed E-state index contributed by atoms with van der Waals surface area (Å²) >= 11 is 0. The lowest BCUT2D eigenvalue weighted by Crippen LogP contribution is -2.53. The zero-order chi connectivity index (χ0) is 14.5. The van der Waals surface area contributed by atoms with Gasteiger partial charge in [0.15, 0.2) is 0 Å². The van der Waals surface area contributed by atoms with E-state index in [4.69, 9.17) is 4.74 Å². The molecule has 0 radical (unpaired) electrons. The number of benzene rings is 1. The van der Waals surface area contributed by atoms with Gasteiger partial charge in [0.05, 0.1) is 12.0 Å². The number of rotatable bonds is 6. The Morgan fingerprint density at radius 3 is 2.32 bits per heavy atom. The van der Waals surface area contributed by atoms with Crippen molar-refractivity contribution in [1.29, 1.82) is 0 Å². The van der Waals surface area contributed by atoms with E-state index in [1.54, 1.807) is 45.0 Å². The van der Waals surface area contributed by atoms with Crippen LogP contribution in [0.5, 0.6) is 0 Å². The summed E-state index contributed by atoms with van der Waals surface area (Å²) in [7, 11) is 0. The molecule has 1 rings (SSSR count). The predicted molar refractivity (Wildman–Crippen MR) is 72.0 cm³/mol. The number of carbonyl (C=O) groups excluding carboxylic acids is 1. The summed E-state index contributed by atoms with van der Waals surface area (Å²) in [6.07, 6.45) is 0.254. The number of ether oxygens (including phenoxy) is 1. The van der Waals surface area contributed by atoms with Crippen molar-refractivity contribution in [3.63, 3.8) is 0 Å². The Bertz CT molecular complexity index is 439. The van der Waals surface area contributed by atoms with Gasteiger partial charge in [-0.15, -0.1) is 0 Å². The van der Waals surface area contributed by atoms with Crippen LogP contribution in [0.15, 0.2) is 30.3 Å². The fourth-order valence-corrected chi connectivity index (χ4v) is 1.70. The Morgan fingerprint density at radius 2 is 1.89 bits per heavy atom. The summed E-state index contributed by atoms with van der Waals surface area (Å²) in [6.45, 7) is 5.21. The molecule has 0 spiro atoms. The maximum Gasteiger partial charge on any atom is 0.357 e. The summed E-state index contributed by atoms with van der Waals surface area (Å²) in [5.41, 5.74) is -1.89. The van der Waals surface area contributed by atoms with Crippen molar-refractivity contribution in [2.24, 2.45) is 0 Å². The molecule has 0 saturated heterocycles. The molecule has 104 valence electrons. The van der Waals surface area contributed by atoms with E-state index in [0.29, 0.717) is 12.0 Å². The Kier molecular flexibility index (Phi) is 4.67. The van der Waals surface area contributed by atoms with E-state index in [-0.39, 0.29) is 6.42 Å². The van der Waals surface area contributed by atoms with Crippen LogP contribution >= 0.6 is 0 Å². The Morgan fingerprint density at radius 1 is 1.32 bits per heavy atom. The molecule has 1 aromatic carbocycles. The quantitative estimate of drug-likeness (QED) is 0.609. The second-order valence-electron chi connectivity index (χ2n) is 5.21. The SMILES string of the molecule is CC(C)(C)OC(CC=O)(Nc1ccccc1)C(=O)O. The normalized spacial score (nSPS) is 14.5. The van der Waals surface area contributed by atoms with Gasteiger partial charge in [0.25, 0.3) is 0 Å². The van der Waals surface area contributed by atoms with Gasteiger partial charge >= 0.3 is 5.97 Å².